The molecule has 0 spiro atoms. The van der Waals surface area contributed by atoms with Gasteiger partial charge in [-0.1, -0.05) is 0 Å². The molecular formula is C18H22N2O2. The second-order valence-electron chi connectivity index (χ2n) is 5.88. The van der Waals surface area contributed by atoms with Crippen LogP contribution < -0.4 is 4.90 Å². The third-order valence-electron chi connectivity index (χ3n) is 4.19. The van der Waals surface area contributed by atoms with Crippen LogP contribution in [-0.4, -0.2) is 36.9 Å². The van der Waals surface area contributed by atoms with Gasteiger partial charge in [0.15, 0.2) is 5.78 Å². The summed E-state index contributed by atoms with van der Waals surface area (Å²) in [5, 5.41) is 0. The predicted molar refractivity (Wildman–Crippen MR) is 87.4 cm³/mol. The lowest BCUT2D eigenvalue weighted by molar-refractivity contribution is 0.101. The number of carbonyl (C=O) groups excluding carboxylic acids is 1. The van der Waals surface area contributed by atoms with E-state index in [1.807, 2.05) is 37.3 Å². The quantitative estimate of drug-likeness (QED) is 0.813. The maximum Gasteiger partial charge on any atom is 0.159 e. The van der Waals surface area contributed by atoms with Crippen molar-refractivity contribution in [3.05, 3.63) is 53.5 Å². The largest absolute Gasteiger partial charge is 0.465 e. The molecule has 116 valence electrons. The molecule has 0 unspecified atom stereocenters. The second kappa shape index (κ2) is 6.36. The zero-order valence-electron chi connectivity index (χ0n) is 13.2. The molecule has 4 heteroatoms. The van der Waals surface area contributed by atoms with Gasteiger partial charge in [0.25, 0.3) is 0 Å². The molecule has 1 aromatic heterocycles. The zero-order valence-corrected chi connectivity index (χ0v) is 13.2. The fourth-order valence-corrected chi connectivity index (χ4v) is 2.86. The Balaban J connectivity index is 1.56. The molecule has 1 aliphatic heterocycles. The first kappa shape index (κ1) is 14.9. The Kier molecular flexibility index (Phi) is 4.29. The summed E-state index contributed by atoms with van der Waals surface area (Å²) in [6.45, 7) is 8.50. The molecule has 0 N–H and O–H groups in total. The third-order valence-corrected chi connectivity index (χ3v) is 4.19. The highest BCUT2D eigenvalue weighted by Gasteiger charge is 2.18. The van der Waals surface area contributed by atoms with Crippen LogP contribution in [0.1, 0.15) is 28.8 Å². The maximum absolute atomic E-state index is 11.3. The SMILES string of the molecule is CC(=O)c1ccc(N2CCN(Cc3ccc(C)o3)CC2)cc1. The second-order valence-corrected chi connectivity index (χ2v) is 5.88. The van der Waals surface area contributed by atoms with E-state index in [2.05, 4.69) is 15.9 Å². The molecule has 2 heterocycles. The van der Waals surface area contributed by atoms with Gasteiger partial charge < -0.3 is 9.32 Å². The first-order valence-electron chi connectivity index (χ1n) is 7.75. The molecule has 22 heavy (non-hydrogen) atoms. The van der Waals surface area contributed by atoms with Crippen LogP contribution in [0.2, 0.25) is 0 Å². The van der Waals surface area contributed by atoms with Crippen LogP contribution in [-0.2, 0) is 6.54 Å². The lowest BCUT2D eigenvalue weighted by atomic mass is 10.1. The Hall–Kier alpha value is -2.07. The number of carbonyl (C=O) groups is 1. The van der Waals surface area contributed by atoms with Crippen molar-refractivity contribution >= 4 is 11.5 Å². The van der Waals surface area contributed by atoms with Gasteiger partial charge in [-0.15, -0.1) is 0 Å². The normalized spacial score (nSPS) is 16.0. The maximum atomic E-state index is 11.3. The average Bonchev–Trinajstić information content (AvgIpc) is 2.93. The molecule has 2 aromatic rings. The number of piperazine rings is 1. The van der Waals surface area contributed by atoms with E-state index in [0.717, 1.165) is 49.8 Å². The summed E-state index contributed by atoms with van der Waals surface area (Å²) >= 11 is 0. The Morgan fingerprint density at radius 1 is 1.05 bits per heavy atom. The van der Waals surface area contributed by atoms with Crippen molar-refractivity contribution in [2.75, 3.05) is 31.1 Å². The van der Waals surface area contributed by atoms with Crippen molar-refractivity contribution in [1.29, 1.82) is 0 Å². The highest BCUT2D eigenvalue weighted by molar-refractivity contribution is 5.94. The van der Waals surface area contributed by atoms with Crippen molar-refractivity contribution in [3.63, 3.8) is 0 Å². The van der Waals surface area contributed by atoms with E-state index in [4.69, 9.17) is 4.42 Å². The number of anilines is 1. The van der Waals surface area contributed by atoms with Gasteiger partial charge in [-0.05, 0) is 50.2 Å². The molecule has 3 rings (SSSR count). The summed E-state index contributed by atoms with van der Waals surface area (Å²) in [5.41, 5.74) is 1.97. The molecule has 0 radical (unpaired) electrons. The van der Waals surface area contributed by atoms with Crippen LogP contribution in [0.3, 0.4) is 0 Å². The summed E-state index contributed by atoms with van der Waals surface area (Å²) in [5.74, 6) is 2.13. The average molecular weight is 298 g/mol. The van der Waals surface area contributed by atoms with Gasteiger partial charge in [-0.3, -0.25) is 9.69 Å². The van der Waals surface area contributed by atoms with E-state index in [0.29, 0.717) is 0 Å². The number of Topliss-reactive ketones (excluding diaryl/α,β-unsaturated/α-hetero) is 1. The van der Waals surface area contributed by atoms with Gasteiger partial charge in [-0.25, -0.2) is 0 Å². The minimum atomic E-state index is 0.116. The predicted octanol–water partition coefficient (Wildman–Crippen LogP) is 3.11. The molecule has 0 bridgehead atoms. The van der Waals surface area contributed by atoms with Gasteiger partial charge in [0, 0.05) is 37.4 Å². The van der Waals surface area contributed by atoms with Crippen molar-refractivity contribution in [2.45, 2.75) is 20.4 Å². The Morgan fingerprint density at radius 3 is 2.27 bits per heavy atom. The molecule has 0 amide bonds. The van der Waals surface area contributed by atoms with Crippen LogP contribution in [0.15, 0.2) is 40.8 Å². The van der Waals surface area contributed by atoms with Gasteiger partial charge in [-0.2, -0.15) is 0 Å². The Bertz CT molecular complexity index is 637. The lowest BCUT2D eigenvalue weighted by Gasteiger charge is -2.35. The molecule has 1 aliphatic rings. The van der Waals surface area contributed by atoms with E-state index in [9.17, 15) is 4.79 Å². The van der Waals surface area contributed by atoms with Crippen molar-refractivity contribution in [3.8, 4) is 0 Å². The van der Waals surface area contributed by atoms with Gasteiger partial charge in [0.05, 0.1) is 6.54 Å². The van der Waals surface area contributed by atoms with E-state index in [-0.39, 0.29) is 5.78 Å². The van der Waals surface area contributed by atoms with Crippen molar-refractivity contribution in [2.24, 2.45) is 0 Å². The number of hydrogen-bond donors (Lipinski definition) is 0. The smallest absolute Gasteiger partial charge is 0.159 e. The number of ketones is 1. The van der Waals surface area contributed by atoms with E-state index in [1.54, 1.807) is 6.92 Å². The Morgan fingerprint density at radius 2 is 1.73 bits per heavy atom. The summed E-state index contributed by atoms with van der Waals surface area (Å²) in [6.07, 6.45) is 0. The highest BCUT2D eigenvalue weighted by atomic mass is 16.3. The minimum Gasteiger partial charge on any atom is -0.465 e. The van der Waals surface area contributed by atoms with E-state index < -0.39 is 0 Å². The zero-order chi connectivity index (χ0) is 15.5. The first-order valence-corrected chi connectivity index (χ1v) is 7.75. The van der Waals surface area contributed by atoms with Crippen molar-refractivity contribution in [1.82, 2.24) is 4.90 Å². The first-order chi connectivity index (χ1) is 10.6. The van der Waals surface area contributed by atoms with Gasteiger partial charge in [0.1, 0.15) is 11.5 Å². The number of benzene rings is 1. The molecule has 1 saturated heterocycles. The molecule has 0 atom stereocenters. The summed E-state index contributed by atoms with van der Waals surface area (Å²) in [7, 11) is 0. The monoisotopic (exact) mass is 298 g/mol. The van der Waals surface area contributed by atoms with Crippen LogP contribution in [0.4, 0.5) is 5.69 Å². The molecule has 1 aromatic carbocycles. The number of nitrogens with zero attached hydrogens (tertiary/aromatic N) is 2. The summed E-state index contributed by atoms with van der Waals surface area (Å²) < 4.78 is 5.65. The van der Waals surface area contributed by atoms with Gasteiger partial charge in [0.2, 0.25) is 0 Å². The molecule has 0 saturated carbocycles. The topological polar surface area (TPSA) is 36.7 Å². The number of aryl methyl sites for hydroxylation is 1. The van der Waals surface area contributed by atoms with Crippen LogP contribution in [0.5, 0.6) is 0 Å². The van der Waals surface area contributed by atoms with Crippen LogP contribution in [0.25, 0.3) is 0 Å². The fraction of sp³-hybridized carbons (Fsp3) is 0.389. The standard InChI is InChI=1S/C18H22N2O2/c1-14-3-8-18(22-14)13-19-9-11-20(12-10-19)17-6-4-16(5-7-17)15(2)21/h3-8H,9-13H2,1-2H3. The summed E-state index contributed by atoms with van der Waals surface area (Å²) in [6, 6.07) is 12.0. The van der Waals surface area contributed by atoms with Crippen LogP contribution in [0, 0.1) is 6.92 Å². The lowest BCUT2D eigenvalue weighted by Crippen LogP contribution is -2.45. The number of hydrogen-bond acceptors (Lipinski definition) is 4. The number of furan rings is 1. The highest BCUT2D eigenvalue weighted by Crippen LogP contribution is 2.19. The fourth-order valence-electron chi connectivity index (χ4n) is 2.86. The summed E-state index contributed by atoms with van der Waals surface area (Å²) in [4.78, 5) is 16.1. The molecule has 0 aliphatic carbocycles. The Labute approximate surface area is 131 Å². The minimum absolute atomic E-state index is 0.116. The third kappa shape index (κ3) is 3.39. The van der Waals surface area contributed by atoms with E-state index in [1.165, 1.54) is 5.69 Å². The molecular weight excluding hydrogens is 276 g/mol. The van der Waals surface area contributed by atoms with Crippen molar-refractivity contribution < 1.29 is 9.21 Å². The van der Waals surface area contributed by atoms with Crippen LogP contribution >= 0.6 is 0 Å². The molecule has 1 fully saturated rings. The van der Waals surface area contributed by atoms with Gasteiger partial charge >= 0.3 is 0 Å². The molecule has 4 nitrogen and oxygen atoms in total. The van der Waals surface area contributed by atoms with E-state index >= 15 is 0 Å². The number of rotatable bonds is 4.